The van der Waals surface area contributed by atoms with Crippen LogP contribution in [-0.2, 0) is 11.3 Å². The normalized spacial score (nSPS) is 11.1. The van der Waals surface area contributed by atoms with Gasteiger partial charge in [-0.15, -0.1) is 0 Å². The highest BCUT2D eigenvalue weighted by Gasteiger charge is 2.13. The molecule has 0 unspecified atom stereocenters. The molecule has 0 radical (unpaired) electrons. The van der Waals surface area contributed by atoms with E-state index in [0.717, 1.165) is 11.3 Å². The van der Waals surface area contributed by atoms with Gasteiger partial charge >= 0.3 is 0 Å². The van der Waals surface area contributed by atoms with Gasteiger partial charge in [0.05, 0.1) is 27.3 Å². The van der Waals surface area contributed by atoms with Crippen LogP contribution in [0.1, 0.15) is 11.3 Å². The molecule has 90 valence electrons. The lowest BCUT2D eigenvalue weighted by Gasteiger charge is -2.09. The molecule has 2 rings (SSSR count). The Balaban J connectivity index is 2.81. The summed E-state index contributed by atoms with van der Waals surface area (Å²) in [7, 11) is 1.59. The number of hydrogen-bond donors (Lipinski definition) is 0. The van der Waals surface area contributed by atoms with Gasteiger partial charge in [-0.05, 0) is 40.5 Å². The number of fused-ring (bicyclic) bond motifs is 1. The number of benzene rings is 1. The number of rotatable bonds is 2. The first-order chi connectivity index (χ1) is 8.04. The molecule has 0 amide bonds. The molecular weight excluding hydrogens is 308 g/mol. The monoisotopic (exact) mass is 317 g/mol. The van der Waals surface area contributed by atoms with Crippen LogP contribution in [0.2, 0.25) is 5.02 Å². The molecule has 17 heavy (non-hydrogen) atoms. The van der Waals surface area contributed by atoms with Gasteiger partial charge < -0.3 is 4.74 Å². The summed E-state index contributed by atoms with van der Waals surface area (Å²) >= 11 is 9.35. The van der Waals surface area contributed by atoms with Gasteiger partial charge in [-0.3, -0.25) is 0 Å². The van der Waals surface area contributed by atoms with Crippen LogP contribution in [0.4, 0.5) is 4.39 Å². The number of methoxy groups -OCH3 is 1. The van der Waals surface area contributed by atoms with Crippen LogP contribution < -0.4 is 0 Å². The van der Waals surface area contributed by atoms with Crippen molar-refractivity contribution in [3.63, 3.8) is 0 Å². The van der Waals surface area contributed by atoms with Gasteiger partial charge in [0.1, 0.15) is 5.82 Å². The van der Waals surface area contributed by atoms with Crippen LogP contribution in [0, 0.1) is 12.7 Å². The highest BCUT2D eigenvalue weighted by atomic mass is 79.9. The molecule has 1 aromatic carbocycles. The Morgan fingerprint density at radius 2 is 2.18 bits per heavy atom. The number of hydrogen-bond acceptors (Lipinski definition) is 2. The molecule has 0 N–H and O–H groups in total. The number of pyridine rings is 1. The van der Waals surface area contributed by atoms with E-state index in [2.05, 4.69) is 20.9 Å². The van der Waals surface area contributed by atoms with Crippen molar-refractivity contribution < 1.29 is 9.13 Å². The molecule has 0 aliphatic rings. The Hall–Kier alpha value is -0.710. The van der Waals surface area contributed by atoms with E-state index in [-0.39, 0.29) is 5.82 Å². The fourth-order valence-corrected chi connectivity index (χ4v) is 2.66. The minimum absolute atomic E-state index is 0.335. The van der Waals surface area contributed by atoms with E-state index < -0.39 is 0 Å². The van der Waals surface area contributed by atoms with Crippen LogP contribution in [0.3, 0.4) is 0 Å². The zero-order chi connectivity index (χ0) is 12.6. The second-order valence-electron chi connectivity index (χ2n) is 3.74. The molecular formula is C12H10BrClFNO. The summed E-state index contributed by atoms with van der Waals surface area (Å²) in [6.07, 6.45) is 0. The summed E-state index contributed by atoms with van der Waals surface area (Å²) in [4.78, 5) is 4.42. The number of halogens is 3. The molecule has 2 aromatic rings. The second kappa shape index (κ2) is 4.88. The van der Waals surface area contributed by atoms with E-state index >= 15 is 0 Å². The summed E-state index contributed by atoms with van der Waals surface area (Å²) in [6.45, 7) is 2.18. The minimum atomic E-state index is -0.335. The molecule has 0 atom stereocenters. The Labute approximate surface area is 112 Å². The molecule has 0 aliphatic heterocycles. The molecule has 0 aliphatic carbocycles. The van der Waals surface area contributed by atoms with Crippen molar-refractivity contribution in [3.8, 4) is 0 Å². The van der Waals surface area contributed by atoms with E-state index in [4.69, 9.17) is 16.3 Å². The molecule has 1 aromatic heterocycles. The summed E-state index contributed by atoms with van der Waals surface area (Å²) in [5, 5.41) is 1.07. The molecule has 5 heteroatoms. The fourth-order valence-electron chi connectivity index (χ4n) is 1.72. The first kappa shape index (κ1) is 12.7. The Morgan fingerprint density at radius 3 is 2.82 bits per heavy atom. The van der Waals surface area contributed by atoms with Gasteiger partial charge in [0, 0.05) is 12.5 Å². The summed E-state index contributed by atoms with van der Waals surface area (Å²) in [6, 6.07) is 3.13. The average Bonchev–Trinajstić information content (AvgIpc) is 2.26. The molecule has 0 fully saturated rings. The third-order valence-electron chi connectivity index (χ3n) is 2.46. The van der Waals surface area contributed by atoms with E-state index in [1.54, 1.807) is 20.1 Å². The lowest BCUT2D eigenvalue weighted by Crippen LogP contribution is -1.96. The largest absolute Gasteiger partial charge is 0.378 e. The fraction of sp³-hybridized carbons (Fsp3) is 0.250. The van der Waals surface area contributed by atoms with Gasteiger partial charge in [0.2, 0.25) is 0 Å². The number of aromatic nitrogens is 1. The SMILES string of the molecule is COCc1cc(Cl)c2c(Br)c(F)cc(C)c2n1. The van der Waals surface area contributed by atoms with E-state index in [0.29, 0.717) is 27.0 Å². The highest BCUT2D eigenvalue weighted by Crippen LogP contribution is 2.34. The predicted octanol–water partition coefficient (Wildman–Crippen LogP) is 4.24. The van der Waals surface area contributed by atoms with Crippen LogP contribution >= 0.6 is 27.5 Å². The van der Waals surface area contributed by atoms with Gasteiger partial charge in [-0.2, -0.15) is 0 Å². The summed E-state index contributed by atoms with van der Waals surface area (Å²) < 4.78 is 18.9. The predicted molar refractivity (Wildman–Crippen MR) is 69.9 cm³/mol. The molecule has 1 heterocycles. The maximum absolute atomic E-state index is 13.6. The topological polar surface area (TPSA) is 22.1 Å². The molecule has 2 nitrogen and oxygen atoms in total. The van der Waals surface area contributed by atoms with Crippen molar-refractivity contribution in [3.05, 3.63) is 38.7 Å². The Morgan fingerprint density at radius 1 is 1.47 bits per heavy atom. The van der Waals surface area contributed by atoms with E-state index in [9.17, 15) is 4.39 Å². The standard InChI is InChI=1S/C12H10BrClFNO/c1-6-3-9(15)11(13)10-8(14)4-7(5-17-2)16-12(6)10/h3-4H,5H2,1-2H3. The molecule has 0 saturated heterocycles. The maximum atomic E-state index is 13.6. The third-order valence-corrected chi connectivity index (χ3v) is 3.54. The Kier molecular flexibility index (Phi) is 3.66. The molecule has 0 bridgehead atoms. The smallest absolute Gasteiger partial charge is 0.138 e. The third kappa shape index (κ3) is 2.30. The van der Waals surface area contributed by atoms with Crippen LogP contribution in [0.25, 0.3) is 10.9 Å². The lowest BCUT2D eigenvalue weighted by atomic mass is 10.1. The number of aryl methyl sites for hydroxylation is 1. The maximum Gasteiger partial charge on any atom is 0.138 e. The first-order valence-corrected chi connectivity index (χ1v) is 6.14. The van der Waals surface area contributed by atoms with Crippen molar-refractivity contribution in [1.29, 1.82) is 0 Å². The van der Waals surface area contributed by atoms with E-state index in [1.807, 2.05) is 0 Å². The number of ether oxygens (including phenoxy) is 1. The summed E-state index contributed by atoms with van der Waals surface area (Å²) in [5.74, 6) is -0.335. The van der Waals surface area contributed by atoms with Crippen LogP contribution in [0.15, 0.2) is 16.6 Å². The number of nitrogens with zero attached hydrogens (tertiary/aromatic N) is 1. The summed E-state index contributed by atoms with van der Waals surface area (Å²) in [5.41, 5.74) is 2.17. The minimum Gasteiger partial charge on any atom is -0.378 e. The van der Waals surface area contributed by atoms with Crippen molar-refractivity contribution in [2.75, 3.05) is 7.11 Å². The van der Waals surface area contributed by atoms with Gasteiger partial charge in [-0.1, -0.05) is 11.6 Å². The quantitative estimate of drug-likeness (QED) is 0.826. The van der Waals surface area contributed by atoms with Crippen molar-refractivity contribution in [2.45, 2.75) is 13.5 Å². The van der Waals surface area contributed by atoms with Crippen molar-refractivity contribution in [1.82, 2.24) is 4.98 Å². The zero-order valence-corrected chi connectivity index (χ0v) is 11.7. The zero-order valence-electron chi connectivity index (χ0n) is 9.35. The highest BCUT2D eigenvalue weighted by molar-refractivity contribution is 9.10. The van der Waals surface area contributed by atoms with Gasteiger partial charge in [-0.25, -0.2) is 9.37 Å². The van der Waals surface area contributed by atoms with Crippen LogP contribution in [0.5, 0.6) is 0 Å². The first-order valence-electron chi connectivity index (χ1n) is 4.97. The second-order valence-corrected chi connectivity index (χ2v) is 4.94. The molecule has 0 saturated carbocycles. The van der Waals surface area contributed by atoms with Gasteiger partial charge in [0.25, 0.3) is 0 Å². The van der Waals surface area contributed by atoms with Crippen molar-refractivity contribution in [2.24, 2.45) is 0 Å². The van der Waals surface area contributed by atoms with Gasteiger partial charge in [0.15, 0.2) is 0 Å². The van der Waals surface area contributed by atoms with E-state index in [1.165, 1.54) is 6.07 Å². The average molecular weight is 319 g/mol. The molecule has 0 spiro atoms. The Bertz CT molecular complexity index is 588. The lowest BCUT2D eigenvalue weighted by molar-refractivity contribution is 0.182. The van der Waals surface area contributed by atoms with Crippen LogP contribution in [-0.4, -0.2) is 12.1 Å². The van der Waals surface area contributed by atoms with Crippen molar-refractivity contribution >= 4 is 38.4 Å².